The Morgan fingerprint density at radius 3 is 1.56 bits per heavy atom. The molecule has 54 heavy (non-hydrogen) atoms. The first kappa shape index (κ1) is 36.8. The third kappa shape index (κ3) is 7.85. The molecule has 263 valence electrons. The summed E-state index contributed by atoms with van der Waals surface area (Å²) in [6.07, 6.45) is 12.0. The van der Waals surface area contributed by atoms with E-state index >= 15 is 0 Å². The van der Waals surface area contributed by atoms with Crippen LogP contribution in [0.5, 0.6) is 0 Å². The molecule has 0 saturated heterocycles. The zero-order valence-electron chi connectivity index (χ0n) is 30.3. The van der Waals surface area contributed by atoms with Gasteiger partial charge in [0.1, 0.15) is 0 Å². The molecule has 0 radical (unpaired) electrons. The first-order chi connectivity index (χ1) is 26.6. The van der Waals surface area contributed by atoms with Crippen molar-refractivity contribution >= 4 is 29.3 Å². The summed E-state index contributed by atoms with van der Waals surface area (Å²) in [7, 11) is -2.43. The Hall–Kier alpha value is -5.59. The van der Waals surface area contributed by atoms with Crippen molar-refractivity contribution < 1.29 is 17.9 Å². The maximum absolute atomic E-state index is 4.41. The van der Waals surface area contributed by atoms with Gasteiger partial charge in [-0.2, -0.15) is 0 Å². The van der Waals surface area contributed by atoms with Gasteiger partial charge >= 0.3 is 270 Å². The number of rotatable bonds is 8. The predicted molar refractivity (Wildman–Crippen MR) is 222 cm³/mol. The fourth-order valence-corrected chi connectivity index (χ4v) is 12.7. The van der Waals surface area contributed by atoms with E-state index in [0.717, 1.165) is 52.4 Å². The van der Waals surface area contributed by atoms with Gasteiger partial charge in [0.05, 0.1) is 0 Å². The average Bonchev–Trinajstić information content (AvgIpc) is 3.70. The Labute approximate surface area is 328 Å². The fourth-order valence-electron chi connectivity index (χ4n) is 6.94. The topological polar surface area (TPSA) is 51.6 Å². The van der Waals surface area contributed by atoms with Gasteiger partial charge in [-0.3, -0.25) is 0 Å². The van der Waals surface area contributed by atoms with Crippen LogP contribution in [0.4, 0.5) is 0 Å². The number of nitrogens with zero attached hydrogens (tertiary/aromatic N) is 4. The van der Waals surface area contributed by atoms with E-state index in [1.165, 1.54) is 27.1 Å². The third-order valence-corrected chi connectivity index (χ3v) is 14.9. The van der Waals surface area contributed by atoms with E-state index in [2.05, 4.69) is 153 Å². The molecule has 1 fully saturated rings. The molecule has 1 aliphatic carbocycles. The molecule has 0 amide bonds. The molecular formula is C48H39N4OsP+. The third-order valence-electron chi connectivity index (χ3n) is 9.57. The number of allylic oxidation sites excluding steroid dienone is 7. The van der Waals surface area contributed by atoms with E-state index < -0.39 is 7.26 Å². The van der Waals surface area contributed by atoms with Crippen molar-refractivity contribution in [2.24, 2.45) is 0 Å². The molecule has 1 aromatic heterocycles. The minimum absolute atomic E-state index is 0.468. The zero-order valence-corrected chi connectivity index (χ0v) is 33.7. The first-order valence-corrected chi connectivity index (χ1v) is 21.1. The van der Waals surface area contributed by atoms with Crippen molar-refractivity contribution in [2.75, 3.05) is 0 Å². The van der Waals surface area contributed by atoms with Gasteiger partial charge in [0.15, 0.2) is 0 Å². The summed E-state index contributed by atoms with van der Waals surface area (Å²) >= 11 is 1.79. The van der Waals surface area contributed by atoms with E-state index in [0.29, 0.717) is 11.6 Å². The normalized spacial score (nSPS) is 14.8. The van der Waals surface area contributed by atoms with Crippen molar-refractivity contribution in [3.8, 4) is 39.0 Å². The van der Waals surface area contributed by atoms with Crippen LogP contribution in [0.3, 0.4) is 0 Å². The molecule has 0 aliphatic heterocycles. The van der Waals surface area contributed by atoms with Crippen LogP contribution in [0.15, 0.2) is 180 Å². The SMILES string of the molecule is CC=C1CCCC1=CC(C#Cc1ccc(-c2nnc(-c3ccc(/C=C/C)cc3)nn2)cc1)=C([C]#[Os])[P+](c1ccccc1)(c1ccccc1)c1ccccc1. The van der Waals surface area contributed by atoms with Crippen LogP contribution in [0.2, 0.25) is 0 Å². The molecule has 4 nitrogen and oxygen atoms in total. The monoisotopic (exact) mass is 894 g/mol. The number of hydrogen-bond donors (Lipinski definition) is 0. The van der Waals surface area contributed by atoms with Crippen LogP contribution < -0.4 is 15.9 Å². The Bertz CT molecular complexity index is 2350. The molecule has 0 unspecified atom stereocenters. The summed E-state index contributed by atoms with van der Waals surface area (Å²) in [6, 6.07) is 48.9. The molecule has 0 N–H and O–H groups in total. The number of aromatic nitrogens is 4. The van der Waals surface area contributed by atoms with Crippen LogP contribution in [0, 0.1) is 16.2 Å². The van der Waals surface area contributed by atoms with Gasteiger partial charge in [-0.25, -0.2) is 0 Å². The molecule has 0 atom stereocenters. The molecule has 6 aromatic rings. The second-order valence-corrected chi connectivity index (χ2v) is 16.8. The quantitative estimate of drug-likeness (QED) is 0.113. The second-order valence-electron chi connectivity index (χ2n) is 12.9. The van der Waals surface area contributed by atoms with Gasteiger partial charge in [0.2, 0.25) is 5.82 Å². The van der Waals surface area contributed by atoms with Gasteiger partial charge in [-0.1, -0.05) is 36.4 Å². The van der Waals surface area contributed by atoms with Gasteiger partial charge < -0.3 is 0 Å². The molecule has 1 saturated carbocycles. The van der Waals surface area contributed by atoms with Crippen LogP contribution >= 0.6 is 7.26 Å². The molecular weight excluding hydrogens is 854 g/mol. The summed E-state index contributed by atoms with van der Waals surface area (Å²) in [5, 5.41) is 22.5. The average molecular weight is 893 g/mol. The molecule has 6 heteroatoms. The van der Waals surface area contributed by atoms with E-state index in [9.17, 15) is 0 Å². The Kier molecular flexibility index (Phi) is 11.9. The van der Waals surface area contributed by atoms with Crippen molar-refractivity contribution in [3.05, 3.63) is 191 Å². The molecule has 1 heterocycles. The summed E-state index contributed by atoms with van der Waals surface area (Å²) < 4.78 is 3.79. The van der Waals surface area contributed by atoms with Crippen molar-refractivity contribution in [1.29, 1.82) is 0 Å². The number of hydrogen-bond acceptors (Lipinski definition) is 4. The molecule has 1 aliphatic rings. The van der Waals surface area contributed by atoms with Gasteiger partial charge in [-0.05, 0) is 12.5 Å². The predicted octanol–water partition coefficient (Wildman–Crippen LogP) is 9.80. The maximum atomic E-state index is 4.41. The Morgan fingerprint density at radius 1 is 0.611 bits per heavy atom. The van der Waals surface area contributed by atoms with E-state index in [-0.39, 0.29) is 0 Å². The standard InChI is InChI=1S/C48H39N4P.Os/c1-4-16-37-25-30-40(31-26-37)47-49-51-48(52-50-47)41-32-27-38(28-33-41)29-34-42(35-43-18-15-17-39(43)5-2)36(3)53(44-19-9-6-10-20-44,45-21-11-7-12-22-45)46-23-13-8-14-24-46;/h4-14,16,19-28,30-33,35H,15,17-18H2,1-2H3;/q+1;/b16-4+,39-5?,42-36?,43-35?;. The Morgan fingerprint density at radius 2 is 1.09 bits per heavy atom. The molecule has 5 aromatic carbocycles. The number of benzene rings is 5. The summed E-state index contributed by atoms with van der Waals surface area (Å²) in [6.45, 7) is 4.15. The molecule has 7 rings (SSSR count). The molecule has 0 bridgehead atoms. The van der Waals surface area contributed by atoms with E-state index in [1.54, 1.807) is 17.9 Å². The van der Waals surface area contributed by atoms with E-state index in [4.69, 9.17) is 0 Å². The summed E-state index contributed by atoms with van der Waals surface area (Å²) in [5.74, 6) is 8.21. The first-order valence-electron chi connectivity index (χ1n) is 18.1. The van der Waals surface area contributed by atoms with Gasteiger partial charge in [0, 0.05) is 5.56 Å². The van der Waals surface area contributed by atoms with Crippen molar-refractivity contribution in [2.45, 2.75) is 33.1 Å². The zero-order chi connectivity index (χ0) is 37.2. The molecule has 0 spiro atoms. The van der Waals surface area contributed by atoms with Crippen LogP contribution in [-0.4, -0.2) is 20.4 Å². The van der Waals surface area contributed by atoms with Crippen molar-refractivity contribution in [3.63, 3.8) is 0 Å². The minimum atomic E-state index is -2.43. The van der Waals surface area contributed by atoms with Crippen molar-refractivity contribution in [1.82, 2.24) is 20.4 Å². The van der Waals surface area contributed by atoms with Crippen LogP contribution in [0.25, 0.3) is 28.9 Å². The summed E-state index contributed by atoms with van der Waals surface area (Å²) in [4.78, 5) is 0. The fraction of sp³-hybridized carbons (Fsp3) is 0.104. The van der Waals surface area contributed by atoms with Gasteiger partial charge in [0.25, 0.3) is 0 Å². The van der Waals surface area contributed by atoms with Gasteiger partial charge in [-0.15, -0.1) is 0 Å². The summed E-state index contributed by atoms with van der Waals surface area (Å²) in [5.41, 5.74) is 7.48. The second kappa shape index (κ2) is 17.5. The van der Waals surface area contributed by atoms with Crippen LogP contribution in [0.1, 0.15) is 44.2 Å². The van der Waals surface area contributed by atoms with Crippen LogP contribution in [-0.2, 0) is 17.9 Å². The van der Waals surface area contributed by atoms with E-state index in [1.807, 2.05) is 61.5 Å². The Balaban J connectivity index is 1.33.